The molecular formula is C18H20N2O3. The second-order valence-electron chi connectivity index (χ2n) is 6.03. The fourth-order valence-corrected chi connectivity index (χ4v) is 1.89. The van der Waals surface area contributed by atoms with Gasteiger partial charge in [-0.2, -0.15) is 0 Å². The number of rotatable bonds is 3. The molecule has 2 N–H and O–H groups in total. The van der Waals surface area contributed by atoms with E-state index >= 15 is 0 Å². The van der Waals surface area contributed by atoms with Crippen LogP contribution in [0.2, 0.25) is 0 Å². The largest absolute Gasteiger partial charge is 0.444 e. The number of anilines is 2. The first-order valence-corrected chi connectivity index (χ1v) is 7.30. The quantitative estimate of drug-likeness (QED) is 0.888. The number of ether oxygens (including phenoxy) is 1. The molecule has 2 aromatic carbocycles. The van der Waals surface area contributed by atoms with E-state index in [0.29, 0.717) is 16.9 Å². The highest BCUT2D eigenvalue weighted by atomic mass is 16.6. The van der Waals surface area contributed by atoms with E-state index in [1.54, 1.807) is 69.3 Å². The first kappa shape index (κ1) is 16.5. The Morgan fingerprint density at radius 1 is 0.870 bits per heavy atom. The van der Waals surface area contributed by atoms with Crippen LogP contribution in [0.25, 0.3) is 0 Å². The topological polar surface area (TPSA) is 67.4 Å². The van der Waals surface area contributed by atoms with Gasteiger partial charge in [0.2, 0.25) is 0 Å². The Bertz CT molecular complexity index is 691. The van der Waals surface area contributed by atoms with Gasteiger partial charge < -0.3 is 10.1 Å². The lowest BCUT2D eigenvalue weighted by Crippen LogP contribution is -2.27. The van der Waals surface area contributed by atoms with Crippen molar-refractivity contribution in [3.05, 3.63) is 60.2 Å². The smallest absolute Gasteiger partial charge is 0.412 e. The van der Waals surface area contributed by atoms with Gasteiger partial charge in [0.1, 0.15) is 5.60 Å². The van der Waals surface area contributed by atoms with Crippen LogP contribution >= 0.6 is 0 Å². The van der Waals surface area contributed by atoms with E-state index in [4.69, 9.17) is 4.74 Å². The van der Waals surface area contributed by atoms with Crippen molar-refractivity contribution in [2.75, 3.05) is 10.6 Å². The van der Waals surface area contributed by atoms with Gasteiger partial charge in [-0.05, 0) is 51.1 Å². The molecule has 0 radical (unpaired) electrons. The minimum absolute atomic E-state index is 0.208. The van der Waals surface area contributed by atoms with E-state index in [2.05, 4.69) is 10.6 Å². The molecule has 0 aliphatic carbocycles. The molecule has 0 fully saturated rings. The van der Waals surface area contributed by atoms with Gasteiger partial charge in [0.25, 0.3) is 5.91 Å². The fraction of sp³-hybridized carbons (Fsp3) is 0.222. The Hall–Kier alpha value is -2.82. The van der Waals surface area contributed by atoms with Gasteiger partial charge in [-0.3, -0.25) is 10.1 Å². The van der Waals surface area contributed by atoms with Gasteiger partial charge in [0.05, 0.1) is 0 Å². The number of carbonyl (C=O) groups is 2. The second kappa shape index (κ2) is 6.96. The second-order valence-corrected chi connectivity index (χ2v) is 6.03. The summed E-state index contributed by atoms with van der Waals surface area (Å²) in [6.45, 7) is 5.38. The summed E-state index contributed by atoms with van der Waals surface area (Å²) in [5.41, 5.74) is 1.14. The van der Waals surface area contributed by atoms with Crippen molar-refractivity contribution in [1.29, 1.82) is 0 Å². The Kier molecular flexibility index (Phi) is 5.01. The summed E-state index contributed by atoms with van der Waals surface area (Å²) in [6, 6.07) is 15.8. The molecular weight excluding hydrogens is 292 g/mol. The molecule has 5 nitrogen and oxygen atoms in total. The summed E-state index contributed by atoms with van der Waals surface area (Å²) in [7, 11) is 0. The van der Waals surface area contributed by atoms with E-state index in [0.717, 1.165) is 0 Å². The first-order chi connectivity index (χ1) is 10.8. The minimum atomic E-state index is -0.566. The van der Waals surface area contributed by atoms with Crippen LogP contribution in [0, 0.1) is 0 Å². The van der Waals surface area contributed by atoms with Gasteiger partial charge >= 0.3 is 6.09 Å². The predicted molar refractivity (Wildman–Crippen MR) is 90.7 cm³/mol. The van der Waals surface area contributed by atoms with Crippen LogP contribution in [0.3, 0.4) is 0 Å². The van der Waals surface area contributed by atoms with Gasteiger partial charge in [0.15, 0.2) is 0 Å². The molecule has 0 aliphatic rings. The molecule has 0 unspecified atom stereocenters. The normalized spacial score (nSPS) is 10.7. The van der Waals surface area contributed by atoms with Crippen LogP contribution in [0.15, 0.2) is 54.6 Å². The minimum Gasteiger partial charge on any atom is -0.444 e. The maximum absolute atomic E-state index is 12.1. The monoisotopic (exact) mass is 312 g/mol. The van der Waals surface area contributed by atoms with Gasteiger partial charge in [0, 0.05) is 16.9 Å². The molecule has 23 heavy (non-hydrogen) atoms. The van der Waals surface area contributed by atoms with Gasteiger partial charge in [-0.1, -0.05) is 24.3 Å². The Balaban J connectivity index is 2.02. The number of carbonyl (C=O) groups excluding carboxylic acids is 2. The molecule has 120 valence electrons. The van der Waals surface area contributed by atoms with E-state index in [-0.39, 0.29) is 5.91 Å². The zero-order chi connectivity index (χ0) is 16.9. The number of nitrogens with one attached hydrogen (secondary N) is 2. The molecule has 2 aromatic rings. The molecule has 5 heteroatoms. The van der Waals surface area contributed by atoms with Crippen LogP contribution in [0.1, 0.15) is 31.1 Å². The Labute approximate surface area is 135 Å². The van der Waals surface area contributed by atoms with Crippen LogP contribution < -0.4 is 10.6 Å². The van der Waals surface area contributed by atoms with E-state index in [1.807, 2.05) is 6.07 Å². The van der Waals surface area contributed by atoms with Crippen molar-refractivity contribution in [3.63, 3.8) is 0 Å². The van der Waals surface area contributed by atoms with Crippen molar-refractivity contribution in [1.82, 2.24) is 0 Å². The number of hydrogen-bond donors (Lipinski definition) is 2. The van der Waals surface area contributed by atoms with Crippen LogP contribution in [-0.4, -0.2) is 17.6 Å². The highest BCUT2D eigenvalue weighted by Gasteiger charge is 2.16. The molecule has 0 aliphatic heterocycles. The van der Waals surface area contributed by atoms with E-state index < -0.39 is 11.7 Å². The lowest BCUT2D eigenvalue weighted by Gasteiger charge is -2.19. The summed E-state index contributed by atoms with van der Waals surface area (Å²) in [6.07, 6.45) is -0.538. The van der Waals surface area contributed by atoms with E-state index in [9.17, 15) is 9.59 Å². The van der Waals surface area contributed by atoms with Crippen molar-refractivity contribution < 1.29 is 14.3 Å². The average molecular weight is 312 g/mol. The molecule has 0 saturated carbocycles. The van der Waals surface area contributed by atoms with Crippen LogP contribution in [-0.2, 0) is 4.74 Å². The predicted octanol–water partition coefficient (Wildman–Crippen LogP) is 4.29. The first-order valence-electron chi connectivity index (χ1n) is 7.30. The highest BCUT2D eigenvalue weighted by Crippen LogP contribution is 2.17. The third-order valence-electron chi connectivity index (χ3n) is 2.80. The van der Waals surface area contributed by atoms with Gasteiger partial charge in [-0.15, -0.1) is 0 Å². The Morgan fingerprint density at radius 2 is 1.48 bits per heavy atom. The molecule has 2 rings (SSSR count). The standard InChI is InChI=1S/C18H20N2O3/c1-18(2,3)23-17(22)20-15-11-7-10-14(12-15)19-16(21)13-8-5-4-6-9-13/h4-12H,1-3H3,(H,19,21)(H,20,22). The lowest BCUT2D eigenvalue weighted by molar-refractivity contribution is 0.0636. The molecule has 0 spiro atoms. The van der Waals surface area contributed by atoms with Crippen molar-refractivity contribution in [3.8, 4) is 0 Å². The molecule has 0 bridgehead atoms. The van der Waals surface area contributed by atoms with Crippen LogP contribution in [0.4, 0.5) is 16.2 Å². The van der Waals surface area contributed by atoms with Gasteiger partial charge in [-0.25, -0.2) is 4.79 Å². The number of benzene rings is 2. The molecule has 0 atom stereocenters. The van der Waals surface area contributed by atoms with E-state index in [1.165, 1.54) is 0 Å². The fourth-order valence-electron chi connectivity index (χ4n) is 1.89. The van der Waals surface area contributed by atoms with Crippen molar-refractivity contribution >= 4 is 23.4 Å². The summed E-state index contributed by atoms with van der Waals surface area (Å²) in [5.74, 6) is -0.208. The molecule has 0 heterocycles. The van der Waals surface area contributed by atoms with Crippen molar-refractivity contribution in [2.45, 2.75) is 26.4 Å². The zero-order valence-electron chi connectivity index (χ0n) is 13.4. The summed E-state index contributed by atoms with van der Waals surface area (Å²) in [5, 5.41) is 5.43. The molecule has 0 aromatic heterocycles. The molecule has 0 saturated heterocycles. The maximum Gasteiger partial charge on any atom is 0.412 e. The lowest BCUT2D eigenvalue weighted by atomic mass is 10.2. The summed E-state index contributed by atoms with van der Waals surface area (Å²) >= 11 is 0. The SMILES string of the molecule is CC(C)(C)OC(=O)Nc1cccc(NC(=O)c2ccccc2)c1. The Morgan fingerprint density at radius 3 is 2.09 bits per heavy atom. The van der Waals surface area contributed by atoms with Crippen LogP contribution in [0.5, 0.6) is 0 Å². The third-order valence-corrected chi connectivity index (χ3v) is 2.80. The number of amides is 2. The summed E-state index contributed by atoms with van der Waals surface area (Å²) < 4.78 is 5.19. The maximum atomic E-state index is 12.1. The molecule has 2 amide bonds. The third kappa shape index (κ3) is 5.47. The van der Waals surface area contributed by atoms with Crippen molar-refractivity contribution in [2.24, 2.45) is 0 Å². The highest BCUT2D eigenvalue weighted by molar-refractivity contribution is 6.04. The zero-order valence-corrected chi connectivity index (χ0v) is 13.4. The average Bonchev–Trinajstić information content (AvgIpc) is 2.46. The number of hydrogen-bond acceptors (Lipinski definition) is 3. The summed E-state index contributed by atoms with van der Waals surface area (Å²) in [4.78, 5) is 23.9.